The first-order chi connectivity index (χ1) is 6.74. The third-order valence-electron chi connectivity index (χ3n) is 2.49. The fraction of sp³-hybridized carbons (Fsp3) is 0.400. The van der Waals surface area contributed by atoms with E-state index in [2.05, 4.69) is 5.32 Å². The number of hydrogen-bond donors (Lipinski definition) is 1. The van der Waals surface area contributed by atoms with E-state index in [9.17, 15) is 4.39 Å². The van der Waals surface area contributed by atoms with E-state index in [0.29, 0.717) is 0 Å². The highest BCUT2D eigenvalue weighted by molar-refractivity contribution is 7.98. The predicted octanol–water partition coefficient (Wildman–Crippen LogP) is 2.99. The van der Waals surface area contributed by atoms with Crippen LogP contribution in [0.5, 0.6) is 0 Å². The van der Waals surface area contributed by atoms with Crippen molar-refractivity contribution in [2.75, 3.05) is 12.8 Å². The fourth-order valence-electron chi connectivity index (χ4n) is 1.69. The quantitative estimate of drug-likeness (QED) is 0.798. The van der Waals surface area contributed by atoms with Crippen LogP contribution in [0.4, 0.5) is 4.39 Å². The van der Waals surface area contributed by atoms with Crippen LogP contribution in [0.3, 0.4) is 0 Å². The van der Waals surface area contributed by atoms with E-state index in [4.69, 9.17) is 11.6 Å². The summed E-state index contributed by atoms with van der Waals surface area (Å²) in [5.41, 5.74) is 1.81. The van der Waals surface area contributed by atoms with Crippen LogP contribution in [-0.4, -0.2) is 12.8 Å². The molecule has 76 valence electrons. The monoisotopic (exact) mass is 231 g/mol. The minimum absolute atomic E-state index is 0.223. The lowest BCUT2D eigenvalue weighted by atomic mass is 10.0. The molecule has 1 aromatic rings. The van der Waals surface area contributed by atoms with Gasteiger partial charge in [0, 0.05) is 23.1 Å². The molecule has 0 amide bonds. The van der Waals surface area contributed by atoms with Gasteiger partial charge in [0.15, 0.2) is 0 Å². The van der Waals surface area contributed by atoms with E-state index in [1.807, 2.05) is 13.1 Å². The van der Waals surface area contributed by atoms with Crippen molar-refractivity contribution in [1.82, 2.24) is 5.32 Å². The molecule has 1 heterocycles. The number of nitrogens with one attached hydrogen (secondary N) is 1. The topological polar surface area (TPSA) is 12.0 Å². The molecule has 1 atom stereocenters. The second-order valence-electron chi connectivity index (χ2n) is 3.29. The normalized spacial score (nSPS) is 20.6. The molecule has 0 fully saturated rings. The molecule has 1 unspecified atom stereocenters. The molecule has 1 aliphatic heterocycles. The maximum Gasteiger partial charge on any atom is 0.146 e. The first-order valence-corrected chi connectivity index (χ1v) is 5.99. The average Bonchev–Trinajstić information content (AvgIpc) is 2.23. The number of benzene rings is 1. The van der Waals surface area contributed by atoms with Crippen molar-refractivity contribution in [3.05, 3.63) is 34.1 Å². The van der Waals surface area contributed by atoms with Gasteiger partial charge in [-0.05, 0) is 18.7 Å². The molecule has 0 radical (unpaired) electrons. The summed E-state index contributed by atoms with van der Waals surface area (Å²) in [6, 6.07) is 3.80. The second-order valence-corrected chi connectivity index (χ2v) is 4.72. The lowest BCUT2D eigenvalue weighted by molar-refractivity contribution is 0.593. The van der Waals surface area contributed by atoms with Gasteiger partial charge in [0.05, 0.1) is 5.02 Å². The summed E-state index contributed by atoms with van der Waals surface area (Å²) in [5, 5.41) is 3.40. The van der Waals surface area contributed by atoms with E-state index in [0.717, 1.165) is 22.6 Å². The first kappa shape index (κ1) is 10.3. The van der Waals surface area contributed by atoms with Gasteiger partial charge in [-0.25, -0.2) is 4.39 Å². The van der Waals surface area contributed by atoms with Gasteiger partial charge < -0.3 is 5.32 Å². The Bertz CT molecular complexity index is 356. The van der Waals surface area contributed by atoms with Crippen LogP contribution >= 0.6 is 23.4 Å². The third kappa shape index (κ3) is 1.64. The van der Waals surface area contributed by atoms with Crippen LogP contribution in [0.25, 0.3) is 0 Å². The minimum atomic E-state index is -0.253. The Hall–Kier alpha value is -0.250. The Morgan fingerprint density at radius 1 is 1.57 bits per heavy atom. The standard InChI is InChI=1S/C10H11ClFNS/c1-13-9-5-14-4-7-6(9)2-3-8(11)10(7)12/h2-3,9,13H,4-5H2,1H3. The van der Waals surface area contributed by atoms with Crippen LogP contribution in [0, 0.1) is 5.82 Å². The van der Waals surface area contributed by atoms with Crippen molar-refractivity contribution in [1.29, 1.82) is 0 Å². The summed E-state index contributed by atoms with van der Waals surface area (Å²) in [7, 11) is 1.90. The molecule has 1 nitrogen and oxygen atoms in total. The Labute approximate surface area is 92.0 Å². The van der Waals surface area contributed by atoms with Crippen LogP contribution in [-0.2, 0) is 5.75 Å². The van der Waals surface area contributed by atoms with Gasteiger partial charge >= 0.3 is 0 Å². The van der Waals surface area contributed by atoms with Crippen molar-refractivity contribution < 1.29 is 4.39 Å². The molecule has 0 saturated carbocycles. The molecule has 4 heteroatoms. The predicted molar refractivity (Wildman–Crippen MR) is 59.4 cm³/mol. The lowest BCUT2D eigenvalue weighted by Crippen LogP contribution is -2.23. The second kappa shape index (κ2) is 4.09. The SMILES string of the molecule is CNC1CSCc2c1ccc(Cl)c2F. The van der Waals surface area contributed by atoms with Gasteiger partial charge in [-0.1, -0.05) is 17.7 Å². The van der Waals surface area contributed by atoms with E-state index in [1.165, 1.54) is 0 Å². The highest BCUT2D eigenvalue weighted by Gasteiger charge is 2.22. The highest BCUT2D eigenvalue weighted by Crippen LogP contribution is 2.35. The lowest BCUT2D eigenvalue weighted by Gasteiger charge is -2.25. The molecule has 1 aromatic carbocycles. The molecule has 2 rings (SSSR count). The summed E-state index contributed by atoms with van der Waals surface area (Å²) in [4.78, 5) is 0. The van der Waals surface area contributed by atoms with E-state index in [1.54, 1.807) is 17.8 Å². The Balaban J connectivity index is 2.50. The number of hydrogen-bond acceptors (Lipinski definition) is 2. The Morgan fingerprint density at radius 3 is 3.07 bits per heavy atom. The Kier molecular flexibility index (Phi) is 3.00. The van der Waals surface area contributed by atoms with Crippen molar-refractivity contribution in [2.45, 2.75) is 11.8 Å². The van der Waals surface area contributed by atoms with Crippen LogP contribution < -0.4 is 5.32 Å². The summed E-state index contributed by atoms with van der Waals surface area (Å²) in [6.07, 6.45) is 0. The third-order valence-corrected chi connectivity index (χ3v) is 3.84. The molecule has 0 aliphatic carbocycles. The van der Waals surface area contributed by atoms with Gasteiger partial charge in [0.25, 0.3) is 0 Å². The molecule has 0 spiro atoms. The molecule has 1 N–H and O–H groups in total. The largest absolute Gasteiger partial charge is 0.312 e. The summed E-state index contributed by atoms with van der Waals surface area (Å²) in [5.74, 6) is 1.46. The summed E-state index contributed by atoms with van der Waals surface area (Å²) >= 11 is 7.46. The maximum atomic E-state index is 13.6. The Morgan fingerprint density at radius 2 is 2.36 bits per heavy atom. The smallest absolute Gasteiger partial charge is 0.146 e. The zero-order valence-electron chi connectivity index (χ0n) is 7.81. The number of thioether (sulfide) groups is 1. The van der Waals surface area contributed by atoms with Crippen molar-refractivity contribution in [3.63, 3.8) is 0 Å². The van der Waals surface area contributed by atoms with E-state index < -0.39 is 0 Å². The van der Waals surface area contributed by atoms with Gasteiger partial charge in [-0.15, -0.1) is 0 Å². The van der Waals surface area contributed by atoms with Crippen molar-refractivity contribution >= 4 is 23.4 Å². The molecule has 0 bridgehead atoms. The van der Waals surface area contributed by atoms with Crippen LogP contribution in [0.1, 0.15) is 17.2 Å². The fourth-order valence-corrected chi connectivity index (χ4v) is 3.06. The van der Waals surface area contributed by atoms with E-state index >= 15 is 0 Å². The number of fused-ring (bicyclic) bond motifs is 1. The zero-order chi connectivity index (χ0) is 10.1. The molecule has 0 aromatic heterocycles. The van der Waals surface area contributed by atoms with Crippen LogP contribution in [0.2, 0.25) is 5.02 Å². The highest BCUT2D eigenvalue weighted by atomic mass is 35.5. The molecular weight excluding hydrogens is 221 g/mol. The first-order valence-electron chi connectivity index (χ1n) is 4.46. The number of rotatable bonds is 1. The van der Waals surface area contributed by atoms with Gasteiger partial charge in [-0.2, -0.15) is 11.8 Å². The molecule has 0 saturated heterocycles. The van der Waals surface area contributed by atoms with E-state index in [-0.39, 0.29) is 16.9 Å². The number of halogens is 2. The molecule has 14 heavy (non-hydrogen) atoms. The summed E-state index contributed by atoms with van der Waals surface area (Å²) in [6.45, 7) is 0. The summed E-state index contributed by atoms with van der Waals surface area (Å²) < 4.78 is 13.6. The molecule has 1 aliphatic rings. The average molecular weight is 232 g/mol. The van der Waals surface area contributed by atoms with Crippen molar-refractivity contribution in [3.8, 4) is 0 Å². The van der Waals surface area contributed by atoms with Gasteiger partial charge in [0.1, 0.15) is 5.82 Å². The van der Waals surface area contributed by atoms with Gasteiger partial charge in [0.2, 0.25) is 0 Å². The van der Waals surface area contributed by atoms with Crippen LogP contribution in [0.15, 0.2) is 12.1 Å². The maximum absolute atomic E-state index is 13.6. The molecular formula is C10H11ClFNS. The van der Waals surface area contributed by atoms with Gasteiger partial charge in [-0.3, -0.25) is 0 Å². The zero-order valence-corrected chi connectivity index (χ0v) is 9.38. The van der Waals surface area contributed by atoms with Crippen molar-refractivity contribution in [2.24, 2.45) is 0 Å². The minimum Gasteiger partial charge on any atom is -0.312 e.